The molecule has 5 nitrogen and oxygen atoms in total. The van der Waals surface area contributed by atoms with Crippen LogP contribution < -0.4 is 10.1 Å². The first-order valence-corrected chi connectivity index (χ1v) is 8.73. The van der Waals surface area contributed by atoms with Crippen LogP contribution in [0.2, 0.25) is 0 Å². The molecule has 0 fully saturated rings. The second-order valence-electron chi connectivity index (χ2n) is 6.01. The van der Waals surface area contributed by atoms with Crippen molar-refractivity contribution in [1.29, 1.82) is 0 Å². The summed E-state index contributed by atoms with van der Waals surface area (Å²) in [4.78, 5) is 24.6. The molecule has 0 saturated carbocycles. The zero-order valence-corrected chi connectivity index (χ0v) is 15.4. The lowest BCUT2D eigenvalue weighted by Gasteiger charge is -2.19. The average molecular weight is 355 g/mol. The SMILES string of the molecule is CC[C@H](CNC(=O)[C@H](C)OC(=O)c1ccccc1OC)c1ccccc1. The number of ether oxygens (including phenoxy) is 2. The van der Waals surface area contributed by atoms with Crippen LogP contribution in [0.3, 0.4) is 0 Å². The predicted octanol–water partition coefficient (Wildman–Crippen LogP) is 3.55. The molecule has 26 heavy (non-hydrogen) atoms. The average Bonchev–Trinajstić information content (AvgIpc) is 2.68. The van der Waals surface area contributed by atoms with E-state index in [4.69, 9.17) is 9.47 Å². The standard InChI is InChI=1S/C21H25NO4/c1-4-16(17-10-6-5-7-11-17)14-22-20(23)15(2)26-21(24)18-12-8-9-13-19(18)25-3/h5-13,15-16H,4,14H2,1-3H3,(H,22,23)/t15-,16+/m0/s1. The summed E-state index contributed by atoms with van der Waals surface area (Å²) in [6.07, 6.45) is 0.0142. The van der Waals surface area contributed by atoms with E-state index in [1.165, 1.54) is 12.7 Å². The minimum Gasteiger partial charge on any atom is -0.496 e. The van der Waals surface area contributed by atoms with Crippen LogP contribution >= 0.6 is 0 Å². The summed E-state index contributed by atoms with van der Waals surface area (Å²) in [7, 11) is 1.48. The molecule has 2 atom stereocenters. The molecule has 0 unspecified atom stereocenters. The van der Waals surface area contributed by atoms with Gasteiger partial charge in [-0.15, -0.1) is 0 Å². The van der Waals surface area contributed by atoms with E-state index in [9.17, 15) is 9.59 Å². The largest absolute Gasteiger partial charge is 0.496 e. The summed E-state index contributed by atoms with van der Waals surface area (Å²) in [5.41, 5.74) is 1.47. The van der Waals surface area contributed by atoms with E-state index < -0.39 is 12.1 Å². The van der Waals surface area contributed by atoms with Gasteiger partial charge in [0.15, 0.2) is 6.10 Å². The third-order valence-corrected chi connectivity index (χ3v) is 4.27. The van der Waals surface area contributed by atoms with Crippen molar-refractivity contribution in [3.63, 3.8) is 0 Å². The molecule has 0 saturated heterocycles. The number of benzene rings is 2. The molecule has 0 bridgehead atoms. The van der Waals surface area contributed by atoms with Crippen molar-refractivity contribution in [1.82, 2.24) is 5.32 Å². The molecule has 2 rings (SSSR count). The number of para-hydroxylation sites is 1. The maximum Gasteiger partial charge on any atom is 0.342 e. The van der Waals surface area contributed by atoms with Crippen molar-refractivity contribution < 1.29 is 19.1 Å². The van der Waals surface area contributed by atoms with E-state index in [0.717, 1.165) is 6.42 Å². The van der Waals surface area contributed by atoms with Crippen molar-refractivity contribution in [3.05, 3.63) is 65.7 Å². The highest BCUT2D eigenvalue weighted by atomic mass is 16.5. The summed E-state index contributed by atoms with van der Waals surface area (Å²) in [5.74, 6) is -0.264. The smallest absolute Gasteiger partial charge is 0.342 e. The summed E-state index contributed by atoms with van der Waals surface area (Å²) in [6.45, 7) is 4.14. The number of carbonyl (C=O) groups excluding carboxylic acids is 2. The predicted molar refractivity (Wildman–Crippen MR) is 100 cm³/mol. The number of amides is 1. The maximum absolute atomic E-state index is 12.3. The molecule has 0 spiro atoms. The van der Waals surface area contributed by atoms with Crippen LogP contribution in [-0.4, -0.2) is 31.6 Å². The van der Waals surface area contributed by atoms with E-state index in [1.54, 1.807) is 31.2 Å². The van der Waals surface area contributed by atoms with Gasteiger partial charge in [0.2, 0.25) is 0 Å². The molecule has 138 valence electrons. The molecule has 5 heteroatoms. The van der Waals surface area contributed by atoms with Gasteiger partial charge in [0.1, 0.15) is 11.3 Å². The zero-order valence-electron chi connectivity index (χ0n) is 15.4. The van der Waals surface area contributed by atoms with Crippen LogP contribution in [0.15, 0.2) is 54.6 Å². The van der Waals surface area contributed by atoms with Gasteiger partial charge in [0.25, 0.3) is 5.91 Å². The third-order valence-electron chi connectivity index (χ3n) is 4.27. The Hall–Kier alpha value is -2.82. The van der Waals surface area contributed by atoms with Crippen LogP contribution in [0.1, 0.15) is 42.1 Å². The quantitative estimate of drug-likeness (QED) is 0.736. The van der Waals surface area contributed by atoms with Crippen molar-refractivity contribution in [2.45, 2.75) is 32.3 Å². The highest BCUT2D eigenvalue weighted by molar-refractivity contribution is 5.94. The topological polar surface area (TPSA) is 64.6 Å². The minimum absolute atomic E-state index is 0.220. The Morgan fingerprint density at radius 2 is 1.69 bits per heavy atom. The molecule has 0 aliphatic carbocycles. The number of rotatable bonds is 8. The Kier molecular flexibility index (Phi) is 7.21. The minimum atomic E-state index is -0.888. The zero-order chi connectivity index (χ0) is 18.9. The van der Waals surface area contributed by atoms with Crippen molar-refractivity contribution >= 4 is 11.9 Å². The third kappa shape index (κ3) is 5.09. The summed E-state index contributed by atoms with van der Waals surface area (Å²) in [5, 5.41) is 2.87. The highest BCUT2D eigenvalue weighted by Gasteiger charge is 2.21. The fourth-order valence-corrected chi connectivity index (χ4v) is 2.68. The van der Waals surface area contributed by atoms with E-state index in [-0.39, 0.29) is 11.8 Å². The lowest BCUT2D eigenvalue weighted by Crippen LogP contribution is -2.38. The molecule has 0 heterocycles. The first-order chi connectivity index (χ1) is 12.6. The van der Waals surface area contributed by atoms with Crippen LogP contribution in [-0.2, 0) is 9.53 Å². The van der Waals surface area contributed by atoms with Crippen molar-refractivity contribution in [2.24, 2.45) is 0 Å². The van der Waals surface area contributed by atoms with Crippen LogP contribution in [0.25, 0.3) is 0 Å². The molecule has 2 aromatic rings. The second-order valence-corrected chi connectivity index (χ2v) is 6.01. The molecule has 1 N–H and O–H groups in total. The normalized spacial score (nSPS) is 12.7. The highest BCUT2D eigenvalue weighted by Crippen LogP contribution is 2.20. The molecule has 0 aliphatic rings. The first kappa shape index (κ1) is 19.5. The summed E-state index contributed by atoms with van der Waals surface area (Å²) in [6, 6.07) is 16.8. The second kappa shape index (κ2) is 9.61. The fraction of sp³-hybridized carbons (Fsp3) is 0.333. The molecule has 1 amide bonds. The Bertz CT molecular complexity index is 730. The summed E-state index contributed by atoms with van der Waals surface area (Å²) < 4.78 is 10.4. The molecular formula is C21H25NO4. The molecule has 0 aromatic heterocycles. The van der Waals surface area contributed by atoms with Crippen molar-refractivity contribution in [3.8, 4) is 5.75 Å². The fourth-order valence-electron chi connectivity index (χ4n) is 2.68. The van der Waals surface area contributed by atoms with Gasteiger partial charge in [0.05, 0.1) is 7.11 Å². The number of nitrogens with one attached hydrogen (secondary N) is 1. The molecule has 0 aliphatic heterocycles. The Balaban J connectivity index is 1.92. The van der Waals surface area contributed by atoms with Gasteiger partial charge in [-0.25, -0.2) is 4.79 Å². The molecule has 2 aromatic carbocycles. The maximum atomic E-state index is 12.3. The van der Waals surface area contributed by atoms with E-state index in [1.807, 2.05) is 30.3 Å². The lowest BCUT2D eigenvalue weighted by atomic mass is 9.96. The number of hydrogen-bond acceptors (Lipinski definition) is 4. The van der Waals surface area contributed by atoms with Gasteiger partial charge in [-0.2, -0.15) is 0 Å². The van der Waals surface area contributed by atoms with Gasteiger partial charge in [0, 0.05) is 12.5 Å². The van der Waals surface area contributed by atoms with Gasteiger partial charge in [-0.3, -0.25) is 4.79 Å². The Morgan fingerprint density at radius 3 is 2.35 bits per heavy atom. The van der Waals surface area contributed by atoms with E-state index >= 15 is 0 Å². The monoisotopic (exact) mass is 355 g/mol. The van der Waals surface area contributed by atoms with E-state index in [2.05, 4.69) is 12.2 Å². The number of hydrogen-bond donors (Lipinski definition) is 1. The van der Waals surface area contributed by atoms with Gasteiger partial charge in [-0.05, 0) is 31.0 Å². The van der Waals surface area contributed by atoms with Gasteiger partial charge >= 0.3 is 5.97 Å². The number of carbonyl (C=O) groups is 2. The van der Waals surface area contributed by atoms with Crippen LogP contribution in [0, 0.1) is 0 Å². The molecule has 0 radical (unpaired) electrons. The first-order valence-electron chi connectivity index (χ1n) is 8.73. The lowest BCUT2D eigenvalue weighted by molar-refractivity contribution is -0.129. The van der Waals surface area contributed by atoms with Gasteiger partial charge < -0.3 is 14.8 Å². The van der Waals surface area contributed by atoms with Crippen LogP contribution in [0.4, 0.5) is 0 Å². The number of methoxy groups -OCH3 is 1. The summed E-state index contributed by atoms with van der Waals surface area (Å²) >= 11 is 0. The van der Waals surface area contributed by atoms with Crippen molar-refractivity contribution in [2.75, 3.05) is 13.7 Å². The Labute approximate surface area is 154 Å². The van der Waals surface area contributed by atoms with E-state index in [0.29, 0.717) is 17.9 Å². The number of esters is 1. The Morgan fingerprint density at radius 1 is 1.04 bits per heavy atom. The van der Waals surface area contributed by atoms with Crippen LogP contribution in [0.5, 0.6) is 5.75 Å². The molecular weight excluding hydrogens is 330 g/mol. The van der Waals surface area contributed by atoms with Gasteiger partial charge in [-0.1, -0.05) is 49.4 Å².